The van der Waals surface area contributed by atoms with Gasteiger partial charge in [0.1, 0.15) is 11.9 Å². The molecule has 3 heterocycles. The summed E-state index contributed by atoms with van der Waals surface area (Å²) in [6.45, 7) is 0.947. The number of rotatable bonds is 4. The number of anilines is 2. The van der Waals surface area contributed by atoms with Gasteiger partial charge in [0.2, 0.25) is 5.91 Å². The monoisotopic (exact) mass is 438 g/mol. The maximum atomic E-state index is 13.9. The molecule has 2 aliphatic rings. The number of carboxylic acids is 1. The number of piperidine rings is 1. The highest BCUT2D eigenvalue weighted by atomic mass is 16.4. The third-order valence-corrected chi connectivity index (χ3v) is 6.64. The fourth-order valence-electron chi connectivity index (χ4n) is 4.91. The number of nitriles is 1. The number of amides is 1. The van der Waals surface area contributed by atoms with Crippen LogP contribution in [0.4, 0.5) is 11.5 Å². The lowest BCUT2D eigenvalue weighted by molar-refractivity contribution is -0.138. The van der Waals surface area contributed by atoms with E-state index in [2.05, 4.69) is 11.1 Å². The lowest BCUT2D eigenvalue weighted by atomic mass is 9.74. The van der Waals surface area contributed by atoms with Crippen molar-refractivity contribution in [3.8, 4) is 17.2 Å². The van der Waals surface area contributed by atoms with Crippen LogP contribution in [-0.4, -0.2) is 46.5 Å². The Hall–Kier alpha value is -4.02. The number of carbonyl (C=O) groups is 2. The molecule has 0 saturated carbocycles. The van der Waals surface area contributed by atoms with Crippen LogP contribution < -0.4 is 4.90 Å². The molecule has 7 nitrogen and oxygen atoms in total. The summed E-state index contributed by atoms with van der Waals surface area (Å²) in [5.41, 5.74) is 3.24. The summed E-state index contributed by atoms with van der Waals surface area (Å²) in [5.74, 6) is -0.390. The average Bonchev–Trinajstić information content (AvgIpc) is 3.08. The molecule has 1 spiro atoms. The largest absolute Gasteiger partial charge is 0.480 e. The molecule has 164 valence electrons. The molecule has 1 amide bonds. The first-order valence-corrected chi connectivity index (χ1v) is 10.9. The SMILES string of the molecule is N#Cc1cnc2c(c1)C1(CCN(CC(=O)O)CC1)C(=O)N2c1ccc(-c2ccccc2)cc1. The first-order chi connectivity index (χ1) is 16.0. The maximum absolute atomic E-state index is 13.9. The summed E-state index contributed by atoms with van der Waals surface area (Å²) < 4.78 is 0. The quantitative estimate of drug-likeness (QED) is 0.667. The zero-order valence-corrected chi connectivity index (χ0v) is 17.9. The third-order valence-electron chi connectivity index (χ3n) is 6.64. The fourth-order valence-corrected chi connectivity index (χ4v) is 4.91. The van der Waals surface area contributed by atoms with E-state index < -0.39 is 11.4 Å². The summed E-state index contributed by atoms with van der Waals surface area (Å²) in [5, 5.41) is 18.6. The van der Waals surface area contributed by atoms with Gasteiger partial charge in [0.25, 0.3) is 0 Å². The third kappa shape index (κ3) is 3.55. The Labute approximate surface area is 191 Å². The van der Waals surface area contributed by atoms with Gasteiger partial charge in [-0.3, -0.25) is 19.4 Å². The summed E-state index contributed by atoms with van der Waals surface area (Å²) in [6.07, 6.45) is 2.47. The van der Waals surface area contributed by atoms with Crippen LogP contribution in [0.5, 0.6) is 0 Å². The van der Waals surface area contributed by atoms with Crippen LogP contribution in [0, 0.1) is 11.3 Å². The van der Waals surface area contributed by atoms with Crippen molar-refractivity contribution in [1.82, 2.24) is 9.88 Å². The van der Waals surface area contributed by atoms with Gasteiger partial charge in [-0.1, -0.05) is 42.5 Å². The molecule has 2 aromatic carbocycles. The molecular weight excluding hydrogens is 416 g/mol. The van der Waals surface area contributed by atoms with Gasteiger partial charge >= 0.3 is 5.97 Å². The van der Waals surface area contributed by atoms with Crippen LogP contribution in [0.2, 0.25) is 0 Å². The van der Waals surface area contributed by atoms with E-state index in [1.807, 2.05) is 59.5 Å². The van der Waals surface area contributed by atoms with Crippen LogP contribution >= 0.6 is 0 Å². The van der Waals surface area contributed by atoms with Crippen LogP contribution in [0.1, 0.15) is 24.0 Å². The lowest BCUT2D eigenvalue weighted by Crippen LogP contribution is -2.49. The highest BCUT2D eigenvalue weighted by Gasteiger charge is 2.53. The Morgan fingerprint density at radius 2 is 1.73 bits per heavy atom. The van der Waals surface area contributed by atoms with E-state index in [1.54, 1.807) is 11.0 Å². The molecule has 3 aromatic rings. The number of hydrogen-bond acceptors (Lipinski definition) is 5. The normalized spacial score (nSPS) is 17.1. The lowest BCUT2D eigenvalue weighted by Gasteiger charge is -2.37. The van der Waals surface area contributed by atoms with Gasteiger partial charge in [-0.2, -0.15) is 5.26 Å². The molecule has 5 rings (SSSR count). The fraction of sp³-hybridized carbons (Fsp3) is 0.231. The minimum Gasteiger partial charge on any atom is -0.480 e. The van der Waals surface area contributed by atoms with Crippen LogP contribution in [0.25, 0.3) is 11.1 Å². The van der Waals surface area contributed by atoms with E-state index in [4.69, 9.17) is 5.11 Å². The molecule has 0 atom stereocenters. The van der Waals surface area contributed by atoms with Gasteiger partial charge in [0, 0.05) is 24.8 Å². The van der Waals surface area contributed by atoms with Gasteiger partial charge < -0.3 is 5.11 Å². The van der Waals surface area contributed by atoms with Gasteiger partial charge in [-0.05, 0) is 42.2 Å². The number of nitrogens with zero attached hydrogens (tertiary/aromatic N) is 4. The highest BCUT2D eigenvalue weighted by molar-refractivity contribution is 6.12. The number of aliphatic carboxylic acids is 1. The molecule has 1 saturated heterocycles. The molecule has 1 fully saturated rings. The van der Waals surface area contributed by atoms with Crippen LogP contribution in [0.3, 0.4) is 0 Å². The summed E-state index contributed by atoms with van der Waals surface area (Å²) >= 11 is 0. The minimum absolute atomic E-state index is 0.0434. The first kappa shape index (κ1) is 20.9. The van der Waals surface area contributed by atoms with Crippen molar-refractivity contribution in [2.24, 2.45) is 0 Å². The highest BCUT2D eigenvalue weighted by Crippen LogP contribution is 2.50. The second kappa shape index (κ2) is 8.15. The van der Waals surface area contributed by atoms with Crippen molar-refractivity contribution in [2.75, 3.05) is 24.5 Å². The Morgan fingerprint density at radius 1 is 1.06 bits per heavy atom. The number of aromatic nitrogens is 1. The van der Waals surface area contributed by atoms with Crippen molar-refractivity contribution >= 4 is 23.4 Å². The van der Waals surface area contributed by atoms with E-state index in [9.17, 15) is 14.9 Å². The summed E-state index contributed by atoms with van der Waals surface area (Å²) in [6, 6.07) is 21.7. The molecule has 0 bridgehead atoms. The maximum Gasteiger partial charge on any atom is 0.317 e. The van der Waals surface area contributed by atoms with Gasteiger partial charge in [-0.15, -0.1) is 0 Å². The Kier molecular flexibility index (Phi) is 5.15. The van der Waals surface area contributed by atoms with E-state index in [0.717, 1.165) is 22.4 Å². The predicted octanol–water partition coefficient (Wildman–Crippen LogP) is 3.72. The van der Waals surface area contributed by atoms with Crippen molar-refractivity contribution < 1.29 is 14.7 Å². The molecule has 0 radical (unpaired) electrons. The number of fused-ring (bicyclic) bond motifs is 2. The number of carbonyl (C=O) groups excluding carboxylic acids is 1. The molecule has 0 unspecified atom stereocenters. The topological polar surface area (TPSA) is 97.5 Å². The van der Waals surface area contributed by atoms with Crippen LogP contribution in [0.15, 0.2) is 66.9 Å². The summed E-state index contributed by atoms with van der Waals surface area (Å²) in [7, 11) is 0. The standard InChI is InChI=1S/C26H22N4O3/c27-15-18-14-22-24(28-16-18)30(21-8-6-20(7-9-21)19-4-2-1-3-5-19)25(33)26(22)10-12-29(13-11-26)17-23(31)32/h1-9,14,16H,10-13,17H2,(H,31,32). The van der Waals surface area contributed by atoms with Crippen molar-refractivity contribution in [3.63, 3.8) is 0 Å². The van der Waals surface area contributed by atoms with Gasteiger partial charge in [0.05, 0.1) is 23.2 Å². The smallest absolute Gasteiger partial charge is 0.317 e. The number of hydrogen-bond donors (Lipinski definition) is 1. The van der Waals surface area contributed by atoms with Gasteiger partial charge in [-0.25, -0.2) is 4.98 Å². The molecule has 1 aromatic heterocycles. The summed E-state index contributed by atoms with van der Waals surface area (Å²) in [4.78, 5) is 33.0. The van der Waals surface area contributed by atoms with E-state index in [0.29, 0.717) is 37.3 Å². The number of pyridine rings is 1. The Balaban J connectivity index is 1.52. The molecular formula is C26H22N4O3. The average molecular weight is 438 g/mol. The first-order valence-electron chi connectivity index (χ1n) is 10.9. The van der Waals surface area contributed by atoms with Crippen molar-refractivity contribution in [3.05, 3.63) is 78.0 Å². The Morgan fingerprint density at radius 3 is 2.36 bits per heavy atom. The van der Waals surface area contributed by atoms with Gasteiger partial charge in [0.15, 0.2) is 0 Å². The second-order valence-corrected chi connectivity index (χ2v) is 8.51. The number of carboxylic acid groups (broad SMARTS) is 1. The zero-order valence-electron chi connectivity index (χ0n) is 17.9. The minimum atomic E-state index is -0.877. The number of benzene rings is 2. The molecule has 33 heavy (non-hydrogen) atoms. The Bertz CT molecular complexity index is 1260. The molecule has 1 N–H and O–H groups in total. The zero-order chi connectivity index (χ0) is 23.0. The molecule has 2 aliphatic heterocycles. The van der Waals surface area contributed by atoms with E-state index in [-0.39, 0.29) is 12.5 Å². The molecule has 0 aliphatic carbocycles. The van der Waals surface area contributed by atoms with Crippen molar-refractivity contribution in [2.45, 2.75) is 18.3 Å². The number of likely N-dealkylation sites (tertiary alicyclic amines) is 1. The molecule has 7 heteroatoms. The van der Waals surface area contributed by atoms with E-state index >= 15 is 0 Å². The van der Waals surface area contributed by atoms with Crippen molar-refractivity contribution in [1.29, 1.82) is 5.26 Å². The van der Waals surface area contributed by atoms with E-state index in [1.165, 1.54) is 6.20 Å². The van der Waals surface area contributed by atoms with Crippen LogP contribution in [-0.2, 0) is 15.0 Å². The second-order valence-electron chi connectivity index (χ2n) is 8.51. The predicted molar refractivity (Wildman–Crippen MR) is 123 cm³/mol.